The van der Waals surface area contributed by atoms with Gasteiger partial charge in [-0.2, -0.15) is 5.10 Å². The number of hydrogen-bond acceptors (Lipinski definition) is 6. The highest BCUT2D eigenvalue weighted by atomic mass is 32.2. The number of aromatic nitrogens is 2. The number of rotatable bonds is 7. The van der Waals surface area contributed by atoms with Gasteiger partial charge in [-0.15, -0.1) is 0 Å². The number of sulfonamides is 1. The van der Waals surface area contributed by atoms with E-state index < -0.39 is 10.0 Å². The first kappa shape index (κ1) is 23.8. The van der Waals surface area contributed by atoms with Crippen molar-refractivity contribution >= 4 is 43.7 Å². The number of piperidine rings is 1. The number of nitrogens with one attached hydrogen (secondary N) is 3. The van der Waals surface area contributed by atoms with Crippen molar-refractivity contribution in [3.8, 4) is 0 Å². The van der Waals surface area contributed by atoms with Crippen molar-refractivity contribution in [1.29, 1.82) is 0 Å². The van der Waals surface area contributed by atoms with Crippen LogP contribution in [0.1, 0.15) is 43.6 Å². The molecule has 4 aromatic rings. The van der Waals surface area contributed by atoms with Gasteiger partial charge in [0.1, 0.15) is 0 Å². The van der Waals surface area contributed by atoms with Gasteiger partial charge in [0.2, 0.25) is 0 Å². The Hall–Kier alpha value is -3.56. The summed E-state index contributed by atoms with van der Waals surface area (Å²) >= 11 is 0. The van der Waals surface area contributed by atoms with Gasteiger partial charge in [-0.25, -0.2) is 8.42 Å². The molecule has 1 aliphatic carbocycles. The highest BCUT2D eigenvalue weighted by Gasteiger charge is 2.28. The molecule has 3 aromatic carbocycles. The third-order valence-electron chi connectivity index (χ3n) is 7.45. The Balaban J connectivity index is 1.21. The van der Waals surface area contributed by atoms with E-state index in [-0.39, 0.29) is 4.90 Å². The van der Waals surface area contributed by atoms with E-state index in [2.05, 4.69) is 43.3 Å². The van der Waals surface area contributed by atoms with Gasteiger partial charge in [-0.3, -0.25) is 9.82 Å². The van der Waals surface area contributed by atoms with Crippen molar-refractivity contribution in [3.63, 3.8) is 0 Å². The Morgan fingerprint density at radius 1 is 0.892 bits per heavy atom. The molecule has 9 heteroatoms. The molecule has 1 saturated carbocycles. The zero-order chi connectivity index (χ0) is 25.4. The summed E-state index contributed by atoms with van der Waals surface area (Å²) < 4.78 is 28.6. The predicted octanol–water partition coefficient (Wildman–Crippen LogP) is 5.30. The van der Waals surface area contributed by atoms with Crippen LogP contribution in [-0.2, 0) is 10.0 Å². The second-order valence-electron chi connectivity index (χ2n) is 10.2. The van der Waals surface area contributed by atoms with E-state index in [0.29, 0.717) is 17.6 Å². The van der Waals surface area contributed by atoms with Crippen LogP contribution in [0.4, 0.5) is 22.7 Å². The lowest BCUT2D eigenvalue weighted by Crippen LogP contribution is -2.35. The zero-order valence-electron chi connectivity index (χ0n) is 20.7. The van der Waals surface area contributed by atoms with E-state index in [0.717, 1.165) is 48.2 Å². The molecule has 0 spiro atoms. The zero-order valence-corrected chi connectivity index (χ0v) is 21.5. The minimum absolute atomic E-state index is 0.203. The number of benzene rings is 3. The summed E-state index contributed by atoms with van der Waals surface area (Å²) in [5.74, 6) is 0.500. The molecule has 0 amide bonds. The first-order chi connectivity index (χ1) is 17.9. The van der Waals surface area contributed by atoms with Crippen LogP contribution in [0.15, 0.2) is 71.8 Å². The smallest absolute Gasteiger partial charge is 0.261 e. The molecule has 5 N–H and O–H groups in total. The molecule has 2 aliphatic rings. The molecule has 37 heavy (non-hydrogen) atoms. The highest BCUT2D eigenvalue weighted by molar-refractivity contribution is 7.92. The standard InChI is InChI=1S/C28H32N6O2S/c29-22-12-20(13-22)21-14-25(16-26(15-21)34-10-2-1-3-11-34)31-23-6-8-27(9-7-23)37(35,36)33-24-5-4-19-18-30-32-28(19)17-24/h4-9,14-18,20,22,31,33H,1-3,10-13,29H2,(H,30,32). The maximum atomic E-state index is 13.0. The number of fused-ring (bicyclic) bond motifs is 1. The van der Waals surface area contributed by atoms with Gasteiger partial charge >= 0.3 is 0 Å². The van der Waals surface area contributed by atoms with Crippen LogP contribution in [0.25, 0.3) is 10.9 Å². The third kappa shape index (κ3) is 5.14. The molecule has 192 valence electrons. The fourth-order valence-electron chi connectivity index (χ4n) is 5.31. The number of anilines is 4. The number of H-pyrrole nitrogens is 1. The van der Waals surface area contributed by atoms with Crippen molar-refractivity contribution in [3.05, 3.63) is 72.4 Å². The van der Waals surface area contributed by atoms with Crippen LogP contribution >= 0.6 is 0 Å². The Bertz CT molecular complexity index is 1500. The molecule has 0 unspecified atom stereocenters. The van der Waals surface area contributed by atoms with Crippen LogP contribution in [0, 0.1) is 0 Å². The second-order valence-corrected chi connectivity index (χ2v) is 11.9. The molecular formula is C28H32N6O2S. The highest BCUT2D eigenvalue weighted by Crippen LogP contribution is 2.39. The summed E-state index contributed by atoms with van der Waals surface area (Å²) in [5.41, 5.74) is 11.8. The SMILES string of the molecule is NC1CC(c2cc(Nc3ccc(S(=O)(=O)Nc4ccc5cn[nH]c5c4)cc3)cc(N3CCCCC3)c2)C1. The summed E-state index contributed by atoms with van der Waals surface area (Å²) in [6.07, 6.45) is 7.49. The maximum absolute atomic E-state index is 13.0. The number of nitrogens with two attached hydrogens (primary N) is 1. The summed E-state index contributed by atoms with van der Waals surface area (Å²) in [5, 5.41) is 11.3. The summed E-state index contributed by atoms with van der Waals surface area (Å²) in [6, 6.07) is 19.2. The molecule has 2 heterocycles. The maximum Gasteiger partial charge on any atom is 0.261 e. The van der Waals surface area contributed by atoms with Gasteiger partial charge in [0.15, 0.2) is 0 Å². The van der Waals surface area contributed by atoms with Gasteiger partial charge in [0.05, 0.1) is 22.3 Å². The third-order valence-corrected chi connectivity index (χ3v) is 8.85. The fraction of sp³-hybridized carbons (Fsp3) is 0.321. The van der Waals surface area contributed by atoms with E-state index in [1.54, 1.807) is 42.6 Å². The summed E-state index contributed by atoms with van der Waals surface area (Å²) in [7, 11) is -3.73. The molecule has 0 bridgehead atoms. The molecule has 6 rings (SSSR count). The van der Waals surface area contributed by atoms with E-state index in [1.807, 2.05) is 6.07 Å². The van der Waals surface area contributed by atoms with Crippen molar-refractivity contribution in [2.24, 2.45) is 5.73 Å². The van der Waals surface area contributed by atoms with Crippen LogP contribution in [0.2, 0.25) is 0 Å². The largest absolute Gasteiger partial charge is 0.371 e. The lowest BCUT2D eigenvalue weighted by Gasteiger charge is -2.35. The molecule has 1 aromatic heterocycles. The Morgan fingerprint density at radius 3 is 2.41 bits per heavy atom. The van der Waals surface area contributed by atoms with Crippen LogP contribution < -0.4 is 20.7 Å². The fourth-order valence-corrected chi connectivity index (χ4v) is 6.36. The van der Waals surface area contributed by atoms with Crippen LogP contribution in [0.3, 0.4) is 0 Å². The quantitative estimate of drug-likeness (QED) is 0.265. The Kier molecular flexibility index (Phi) is 6.26. The van der Waals surface area contributed by atoms with Gasteiger partial charge < -0.3 is 16.0 Å². The first-order valence-electron chi connectivity index (χ1n) is 12.9. The van der Waals surface area contributed by atoms with E-state index >= 15 is 0 Å². The number of hydrogen-bond donors (Lipinski definition) is 4. The lowest BCUT2D eigenvalue weighted by molar-refractivity contribution is 0.351. The minimum atomic E-state index is -3.73. The first-order valence-corrected chi connectivity index (χ1v) is 14.4. The van der Waals surface area contributed by atoms with E-state index in [4.69, 9.17) is 5.73 Å². The molecule has 1 aliphatic heterocycles. The Labute approximate surface area is 217 Å². The summed E-state index contributed by atoms with van der Waals surface area (Å²) in [4.78, 5) is 2.67. The monoisotopic (exact) mass is 516 g/mol. The number of aromatic amines is 1. The number of nitrogens with zero attached hydrogens (tertiary/aromatic N) is 2. The van der Waals surface area contributed by atoms with Gasteiger partial charge in [-0.05, 0) is 104 Å². The van der Waals surface area contributed by atoms with Gasteiger partial charge in [0, 0.05) is 41.6 Å². The van der Waals surface area contributed by atoms with Crippen LogP contribution in [0.5, 0.6) is 0 Å². The molecular weight excluding hydrogens is 484 g/mol. The van der Waals surface area contributed by atoms with Crippen molar-refractivity contribution in [2.45, 2.75) is 49.0 Å². The molecule has 0 atom stereocenters. The van der Waals surface area contributed by atoms with Crippen LogP contribution in [-0.4, -0.2) is 37.7 Å². The van der Waals surface area contributed by atoms with Gasteiger partial charge in [-0.1, -0.05) is 0 Å². The summed E-state index contributed by atoms with van der Waals surface area (Å²) in [6.45, 7) is 2.17. The molecule has 0 radical (unpaired) electrons. The van der Waals surface area contributed by atoms with Crippen molar-refractivity contribution < 1.29 is 8.42 Å². The predicted molar refractivity (Wildman–Crippen MR) is 149 cm³/mol. The normalized spacial score (nSPS) is 20.0. The van der Waals surface area contributed by atoms with Crippen molar-refractivity contribution in [1.82, 2.24) is 10.2 Å². The Morgan fingerprint density at radius 2 is 1.65 bits per heavy atom. The average molecular weight is 517 g/mol. The molecule has 8 nitrogen and oxygen atoms in total. The molecule has 2 fully saturated rings. The van der Waals surface area contributed by atoms with E-state index in [9.17, 15) is 8.42 Å². The lowest BCUT2D eigenvalue weighted by atomic mass is 9.76. The topological polar surface area (TPSA) is 116 Å². The van der Waals surface area contributed by atoms with Crippen molar-refractivity contribution in [2.75, 3.05) is 28.0 Å². The second kappa shape index (κ2) is 9.72. The molecule has 1 saturated heterocycles. The van der Waals surface area contributed by atoms with E-state index in [1.165, 1.54) is 30.5 Å². The van der Waals surface area contributed by atoms with Gasteiger partial charge in [0.25, 0.3) is 10.0 Å². The minimum Gasteiger partial charge on any atom is -0.371 e. The average Bonchev–Trinajstić information content (AvgIpc) is 3.35.